The van der Waals surface area contributed by atoms with Crippen LogP contribution in [0.4, 0.5) is 9.18 Å². The largest absolute Gasteiger partial charge is 0.465 e. The highest BCUT2D eigenvalue weighted by Gasteiger charge is 2.23. The molecule has 0 aliphatic carbocycles. The summed E-state index contributed by atoms with van der Waals surface area (Å²) in [6.45, 7) is 1.74. The molecule has 0 fully saturated rings. The molecule has 1 amide bonds. The van der Waals surface area contributed by atoms with Gasteiger partial charge in [0.15, 0.2) is 0 Å². The van der Waals surface area contributed by atoms with Crippen LogP contribution in [-0.4, -0.2) is 25.7 Å². The second-order valence-electron chi connectivity index (χ2n) is 5.48. The number of amides is 1. The molecule has 7 nitrogen and oxygen atoms in total. The van der Waals surface area contributed by atoms with Gasteiger partial charge >= 0.3 is 6.09 Å². The summed E-state index contributed by atoms with van der Waals surface area (Å²) in [5, 5.41) is 11.5. The van der Waals surface area contributed by atoms with Crippen molar-refractivity contribution in [3.8, 4) is 5.69 Å². The average molecular weight is 421 g/mol. The average Bonchev–Trinajstić information content (AvgIpc) is 2.63. The third kappa shape index (κ3) is 3.17. The highest BCUT2D eigenvalue weighted by atomic mass is 79.9. The quantitative estimate of drug-likeness (QED) is 0.673. The van der Waals surface area contributed by atoms with Crippen molar-refractivity contribution in [1.29, 1.82) is 0 Å². The SMILES string of the molecule is CCC(NC(=O)O)c1nc2c(F)ccc(Br)c2c(=O)n1-c1cccnc1. The van der Waals surface area contributed by atoms with Crippen molar-refractivity contribution in [2.45, 2.75) is 19.4 Å². The normalized spacial score (nSPS) is 12.1. The Labute approximate surface area is 155 Å². The fraction of sp³-hybridized carbons (Fsp3) is 0.176. The van der Waals surface area contributed by atoms with E-state index < -0.39 is 23.5 Å². The first kappa shape index (κ1) is 18.0. The first-order chi connectivity index (χ1) is 12.4. The molecule has 1 unspecified atom stereocenters. The molecule has 3 aromatic rings. The Hall–Kier alpha value is -2.81. The molecule has 0 spiro atoms. The number of nitrogens with one attached hydrogen (secondary N) is 1. The molecule has 134 valence electrons. The van der Waals surface area contributed by atoms with Crippen LogP contribution >= 0.6 is 15.9 Å². The predicted octanol–water partition coefficient (Wildman–Crippen LogP) is 3.40. The maximum atomic E-state index is 14.3. The number of carboxylic acid groups (broad SMARTS) is 1. The van der Waals surface area contributed by atoms with Gasteiger partial charge in [-0.2, -0.15) is 0 Å². The van der Waals surface area contributed by atoms with E-state index >= 15 is 0 Å². The number of halogens is 2. The smallest absolute Gasteiger partial charge is 0.405 e. The van der Waals surface area contributed by atoms with E-state index in [9.17, 15) is 14.0 Å². The number of hydrogen-bond acceptors (Lipinski definition) is 4. The molecular weight excluding hydrogens is 407 g/mol. The van der Waals surface area contributed by atoms with Gasteiger partial charge in [0.25, 0.3) is 5.56 Å². The van der Waals surface area contributed by atoms with Crippen molar-refractivity contribution < 1.29 is 14.3 Å². The van der Waals surface area contributed by atoms with Crippen molar-refractivity contribution in [3.05, 3.63) is 63.1 Å². The van der Waals surface area contributed by atoms with Gasteiger partial charge in [-0.3, -0.25) is 14.3 Å². The van der Waals surface area contributed by atoms with Crippen molar-refractivity contribution in [1.82, 2.24) is 19.9 Å². The Balaban J connectivity index is 2.43. The van der Waals surface area contributed by atoms with Gasteiger partial charge in [-0.15, -0.1) is 0 Å². The first-order valence-electron chi connectivity index (χ1n) is 7.74. The van der Waals surface area contributed by atoms with Gasteiger partial charge in [0.1, 0.15) is 17.2 Å². The molecule has 1 atom stereocenters. The van der Waals surface area contributed by atoms with E-state index in [1.165, 1.54) is 22.9 Å². The lowest BCUT2D eigenvalue weighted by Crippen LogP contribution is -2.33. The van der Waals surface area contributed by atoms with Crippen LogP contribution in [0.15, 0.2) is 45.9 Å². The molecule has 0 saturated carbocycles. The zero-order valence-electron chi connectivity index (χ0n) is 13.6. The van der Waals surface area contributed by atoms with Gasteiger partial charge in [-0.25, -0.2) is 14.2 Å². The zero-order valence-corrected chi connectivity index (χ0v) is 15.2. The fourth-order valence-electron chi connectivity index (χ4n) is 2.70. The number of hydrogen-bond donors (Lipinski definition) is 2. The number of nitrogens with zero attached hydrogens (tertiary/aromatic N) is 3. The predicted molar refractivity (Wildman–Crippen MR) is 97.0 cm³/mol. The van der Waals surface area contributed by atoms with Crippen LogP contribution in [0.5, 0.6) is 0 Å². The van der Waals surface area contributed by atoms with E-state index in [1.807, 2.05) is 0 Å². The lowest BCUT2D eigenvalue weighted by molar-refractivity contribution is 0.188. The van der Waals surface area contributed by atoms with Gasteiger partial charge < -0.3 is 10.4 Å². The molecule has 2 N–H and O–H groups in total. The van der Waals surface area contributed by atoms with Crippen molar-refractivity contribution in [3.63, 3.8) is 0 Å². The summed E-state index contributed by atoms with van der Waals surface area (Å²) in [5.74, 6) is -0.567. The van der Waals surface area contributed by atoms with E-state index in [4.69, 9.17) is 5.11 Å². The number of benzene rings is 1. The molecule has 3 rings (SSSR count). The van der Waals surface area contributed by atoms with Crippen molar-refractivity contribution >= 4 is 32.9 Å². The van der Waals surface area contributed by atoms with Gasteiger partial charge in [0.2, 0.25) is 0 Å². The van der Waals surface area contributed by atoms with Crippen LogP contribution in [-0.2, 0) is 0 Å². The molecule has 2 aromatic heterocycles. The molecule has 0 aliphatic rings. The number of aromatic nitrogens is 3. The summed E-state index contributed by atoms with van der Waals surface area (Å²) < 4.78 is 16.0. The van der Waals surface area contributed by atoms with Crippen molar-refractivity contribution in [2.24, 2.45) is 0 Å². The van der Waals surface area contributed by atoms with Crippen LogP contribution in [0, 0.1) is 5.82 Å². The molecule has 0 bridgehead atoms. The fourth-order valence-corrected chi connectivity index (χ4v) is 3.19. The molecule has 9 heteroatoms. The van der Waals surface area contributed by atoms with Crippen LogP contribution in [0.2, 0.25) is 0 Å². The maximum absolute atomic E-state index is 14.3. The number of fused-ring (bicyclic) bond motifs is 1. The Morgan fingerprint density at radius 3 is 2.81 bits per heavy atom. The third-order valence-electron chi connectivity index (χ3n) is 3.87. The molecule has 26 heavy (non-hydrogen) atoms. The molecule has 0 radical (unpaired) electrons. The lowest BCUT2D eigenvalue weighted by Gasteiger charge is -2.20. The zero-order chi connectivity index (χ0) is 18.8. The van der Waals surface area contributed by atoms with E-state index in [0.29, 0.717) is 16.6 Å². The molecule has 2 heterocycles. The molecular formula is C17H14BrFN4O3. The van der Waals surface area contributed by atoms with Gasteiger partial charge in [0, 0.05) is 10.7 Å². The summed E-state index contributed by atoms with van der Waals surface area (Å²) in [6, 6.07) is 5.11. The Morgan fingerprint density at radius 2 is 2.19 bits per heavy atom. The Morgan fingerprint density at radius 1 is 1.42 bits per heavy atom. The molecule has 1 aromatic carbocycles. The maximum Gasteiger partial charge on any atom is 0.405 e. The minimum atomic E-state index is -1.27. The summed E-state index contributed by atoms with van der Waals surface area (Å²) >= 11 is 3.26. The van der Waals surface area contributed by atoms with Gasteiger partial charge in [-0.05, 0) is 46.6 Å². The van der Waals surface area contributed by atoms with Gasteiger partial charge in [-0.1, -0.05) is 6.92 Å². The minimum absolute atomic E-state index is 0.0720. The summed E-state index contributed by atoms with van der Waals surface area (Å²) in [4.78, 5) is 32.6. The van der Waals surface area contributed by atoms with Crippen LogP contribution in [0.25, 0.3) is 16.6 Å². The second kappa shape index (κ2) is 7.20. The van der Waals surface area contributed by atoms with E-state index in [-0.39, 0.29) is 16.7 Å². The highest BCUT2D eigenvalue weighted by Crippen LogP contribution is 2.26. The highest BCUT2D eigenvalue weighted by molar-refractivity contribution is 9.10. The van der Waals surface area contributed by atoms with Crippen LogP contribution in [0.3, 0.4) is 0 Å². The van der Waals surface area contributed by atoms with E-state index in [2.05, 4.69) is 31.2 Å². The monoisotopic (exact) mass is 420 g/mol. The lowest BCUT2D eigenvalue weighted by atomic mass is 10.1. The summed E-state index contributed by atoms with van der Waals surface area (Å²) in [6.07, 6.45) is 2.06. The van der Waals surface area contributed by atoms with Crippen LogP contribution in [0.1, 0.15) is 25.2 Å². The Kier molecular flexibility index (Phi) is 4.99. The molecule has 0 aliphatic heterocycles. The number of pyridine rings is 1. The summed E-state index contributed by atoms with van der Waals surface area (Å²) in [5.41, 5.74) is -0.233. The minimum Gasteiger partial charge on any atom is -0.465 e. The Bertz CT molecular complexity index is 1040. The molecule has 0 saturated heterocycles. The van der Waals surface area contributed by atoms with E-state index in [0.717, 1.165) is 0 Å². The topological polar surface area (TPSA) is 97.1 Å². The van der Waals surface area contributed by atoms with Crippen molar-refractivity contribution in [2.75, 3.05) is 0 Å². The van der Waals surface area contributed by atoms with E-state index in [1.54, 1.807) is 25.3 Å². The third-order valence-corrected chi connectivity index (χ3v) is 4.53. The number of rotatable bonds is 4. The number of carbonyl (C=O) groups is 1. The van der Waals surface area contributed by atoms with Gasteiger partial charge in [0.05, 0.1) is 23.3 Å². The van der Waals surface area contributed by atoms with Crippen LogP contribution < -0.4 is 10.9 Å². The first-order valence-corrected chi connectivity index (χ1v) is 8.53. The summed E-state index contributed by atoms with van der Waals surface area (Å²) in [7, 11) is 0. The standard InChI is InChI=1S/C17H14BrFN4O3/c1-2-12(21-17(25)26)15-22-14-11(19)6-5-10(18)13(14)16(24)23(15)9-4-3-7-20-8-9/h3-8,12,21H,2H2,1H3,(H,25,26). The second-order valence-corrected chi connectivity index (χ2v) is 6.34.